The Morgan fingerprint density at radius 1 is 1.28 bits per heavy atom. The fourth-order valence-electron chi connectivity index (χ4n) is 1.77. The van der Waals surface area contributed by atoms with Crippen molar-refractivity contribution in [1.82, 2.24) is 4.98 Å². The van der Waals surface area contributed by atoms with E-state index in [0.717, 1.165) is 26.3 Å². The van der Waals surface area contributed by atoms with Gasteiger partial charge in [0.1, 0.15) is 0 Å². The normalized spacial score (nSPS) is 10.6. The molecule has 0 fully saturated rings. The number of benzene rings is 1. The van der Waals surface area contributed by atoms with Gasteiger partial charge in [-0.2, -0.15) is 0 Å². The average Bonchev–Trinajstić information content (AvgIpc) is 2.67. The molecule has 0 unspecified atom stereocenters. The summed E-state index contributed by atoms with van der Waals surface area (Å²) in [5.74, 6) is 0.643. The smallest absolute Gasteiger partial charge is 0.174 e. The summed E-state index contributed by atoms with van der Waals surface area (Å²) in [6.07, 6.45) is 0. The maximum Gasteiger partial charge on any atom is 0.174 e. The number of hydrogen-bond donors (Lipinski definition) is 1. The number of Topliss-reactive ketones (excluding diaryl/α,β-unsaturated/α-hetero) is 1. The molecule has 2 aromatic rings. The lowest BCUT2D eigenvalue weighted by atomic mass is 10.2. The zero-order valence-electron chi connectivity index (χ0n) is 10.3. The van der Waals surface area contributed by atoms with Gasteiger partial charge in [-0.15, -0.1) is 11.8 Å². The molecule has 1 heterocycles. The van der Waals surface area contributed by atoms with Gasteiger partial charge < -0.3 is 4.98 Å². The number of carbonyl (C=O) groups is 1. The summed E-state index contributed by atoms with van der Waals surface area (Å²) in [5.41, 5.74) is 2.79. The zero-order chi connectivity index (χ0) is 13.1. The summed E-state index contributed by atoms with van der Waals surface area (Å²) >= 11 is 4.96. The largest absolute Gasteiger partial charge is 0.362 e. The minimum atomic E-state index is 0.171. The van der Waals surface area contributed by atoms with E-state index in [0.29, 0.717) is 5.75 Å². The summed E-state index contributed by atoms with van der Waals surface area (Å²) in [6.45, 7) is 3.90. The fourth-order valence-corrected chi connectivity index (χ4v) is 2.82. The SMILES string of the molecule is Cc1cc(C(=O)CSc2ccc(Br)cc2)c(C)[nH]1. The van der Waals surface area contributed by atoms with Gasteiger partial charge in [-0.25, -0.2) is 0 Å². The predicted molar refractivity (Wildman–Crippen MR) is 79.5 cm³/mol. The summed E-state index contributed by atoms with van der Waals surface area (Å²) in [5, 5.41) is 0. The molecular weight excluding hydrogens is 310 g/mol. The van der Waals surface area contributed by atoms with E-state index in [1.54, 1.807) is 11.8 Å². The number of thioether (sulfide) groups is 1. The number of rotatable bonds is 4. The van der Waals surface area contributed by atoms with Crippen molar-refractivity contribution >= 4 is 33.5 Å². The van der Waals surface area contributed by atoms with Gasteiger partial charge in [0.05, 0.1) is 5.75 Å². The quantitative estimate of drug-likeness (QED) is 0.669. The topological polar surface area (TPSA) is 32.9 Å². The van der Waals surface area contributed by atoms with Crippen LogP contribution in [0.4, 0.5) is 0 Å². The van der Waals surface area contributed by atoms with E-state index >= 15 is 0 Å². The Kier molecular flexibility index (Phi) is 4.30. The van der Waals surface area contributed by atoms with E-state index in [1.165, 1.54) is 0 Å². The number of nitrogens with one attached hydrogen (secondary N) is 1. The van der Waals surface area contributed by atoms with Crippen LogP contribution in [0.25, 0.3) is 0 Å². The highest BCUT2D eigenvalue weighted by Crippen LogP contribution is 2.22. The molecule has 1 N–H and O–H groups in total. The number of halogens is 1. The molecule has 0 aliphatic carbocycles. The monoisotopic (exact) mass is 323 g/mol. The van der Waals surface area contributed by atoms with Crippen LogP contribution in [0.5, 0.6) is 0 Å². The standard InChI is InChI=1S/C14H14BrNOS/c1-9-7-13(10(2)16-9)14(17)8-18-12-5-3-11(15)4-6-12/h3-7,16H,8H2,1-2H3. The van der Waals surface area contributed by atoms with E-state index in [4.69, 9.17) is 0 Å². The molecule has 0 atom stereocenters. The lowest BCUT2D eigenvalue weighted by Gasteiger charge is -2.01. The molecule has 0 aliphatic rings. The number of ketones is 1. The Balaban J connectivity index is 2.00. The van der Waals surface area contributed by atoms with Crippen LogP contribution >= 0.6 is 27.7 Å². The number of H-pyrrole nitrogens is 1. The molecule has 4 heteroatoms. The second-order valence-electron chi connectivity index (χ2n) is 4.16. The molecule has 1 aromatic heterocycles. The van der Waals surface area contributed by atoms with Gasteiger partial charge in [0.25, 0.3) is 0 Å². The van der Waals surface area contributed by atoms with Crippen molar-refractivity contribution < 1.29 is 4.79 Å². The van der Waals surface area contributed by atoms with Gasteiger partial charge in [-0.05, 0) is 44.2 Å². The van der Waals surface area contributed by atoms with Crippen molar-refractivity contribution in [2.75, 3.05) is 5.75 Å². The van der Waals surface area contributed by atoms with Gasteiger partial charge in [0.15, 0.2) is 5.78 Å². The molecule has 0 saturated heterocycles. The lowest BCUT2D eigenvalue weighted by molar-refractivity contribution is 0.102. The van der Waals surface area contributed by atoms with Crippen LogP contribution in [0.2, 0.25) is 0 Å². The number of hydrogen-bond acceptors (Lipinski definition) is 2. The van der Waals surface area contributed by atoms with Gasteiger partial charge >= 0.3 is 0 Å². The fraction of sp³-hybridized carbons (Fsp3) is 0.214. The Bertz CT molecular complexity index is 560. The third-order valence-electron chi connectivity index (χ3n) is 2.63. The van der Waals surface area contributed by atoms with Crippen molar-refractivity contribution in [3.05, 3.63) is 51.8 Å². The maximum absolute atomic E-state index is 12.1. The molecule has 0 aliphatic heterocycles. The summed E-state index contributed by atoms with van der Waals surface area (Å²) in [6, 6.07) is 9.91. The van der Waals surface area contributed by atoms with Crippen LogP contribution < -0.4 is 0 Å². The van der Waals surface area contributed by atoms with Crippen molar-refractivity contribution in [3.63, 3.8) is 0 Å². The second-order valence-corrected chi connectivity index (χ2v) is 6.12. The predicted octanol–water partition coefficient (Wildman–Crippen LogP) is 4.37. The molecule has 2 nitrogen and oxygen atoms in total. The maximum atomic E-state index is 12.1. The summed E-state index contributed by atoms with van der Waals surface area (Å²) in [7, 11) is 0. The Hall–Kier alpha value is -1.00. The van der Waals surface area contributed by atoms with Crippen molar-refractivity contribution in [2.45, 2.75) is 18.7 Å². The number of carbonyl (C=O) groups excluding carboxylic acids is 1. The molecular formula is C14H14BrNOS. The minimum Gasteiger partial charge on any atom is -0.362 e. The molecule has 0 spiro atoms. The summed E-state index contributed by atoms with van der Waals surface area (Å²) < 4.78 is 1.05. The van der Waals surface area contributed by atoms with Crippen molar-refractivity contribution in [2.24, 2.45) is 0 Å². The van der Waals surface area contributed by atoms with Crippen molar-refractivity contribution in [1.29, 1.82) is 0 Å². The van der Waals surface area contributed by atoms with E-state index < -0.39 is 0 Å². The minimum absolute atomic E-state index is 0.171. The van der Waals surface area contributed by atoms with Crippen LogP contribution in [0.15, 0.2) is 39.7 Å². The van der Waals surface area contributed by atoms with Gasteiger partial charge in [-0.3, -0.25) is 4.79 Å². The van der Waals surface area contributed by atoms with Gasteiger partial charge in [0.2, 0.25) is 0 Å². The summed E-state index contributed by atoms with van der Waals surface area (Å²) in [4.78, 5) is 16.3. The van der Waals surface area contributed by atoms with Crippen LogP contribution in [-0.4, -0.2) is 16.5 Å². The van der Waals surface area contributed by atoms with Crippen LogP contribution in [-0.2, 0) is 0 Å². The van der Waals surface area contributed by atoms with Gasteiger partial charge in [-0.1, -0.05) is 15.9 Å². The first-order chi connectivity index (χ1) is 8.56. The first-order valence-electron chi connectivity index (χ1n) is 5.64. The number of aromatic nitrogens is 1. The molecule has 0 radical (unpaired) electrons. The number of aromatic amines is 1. The van der Waals surface area contributed by atoms with E-state index in [9.17, 15) is 4.79 Å². The third-order valence-corrected chi connectivity index (χ3v) is 4.17. The number of aryl methyl sites for hydroxylation is 2. The van der Waals surface area contributed by atoms with Crippen LogP contribution in [0, 0.1) is 13.8 Å². The Morgan fingerprint density at radius 2 is 1.94 bits per heavy atom. The van der Waals surface area contributed by atoms with E-state index in [-0.39, 0.29) is 5.78 Å². The first kappa shape index (κ1) is 13.4. The highest BCUT2D eigenvalue weighted by molar-refractivity contribution is 9.10. The highest BCUT2D eigenvalue weighted by Gasteiger charge is 2.11. The molecule has 0 amide bonds. The Labute approximate surface area is 119 Å². The second kappa shape index (κ2) is 5.76. The Morgan fingerprint density at radius 3 is 2.50 bits per heavy atom. The third kappa shape index (κ3) is 3.27. The molecule has 94 valence electrons. The van der Waals surface area contributed by atoms with E-state index in [2.05, 4.69) is 20.9 Å². The van der Waals surface area contributed by atoms with Gasteiger partial charge in [0, 0.05) is 26.3 Å². The zero-order valence-corrected chi connectivity index (χ0v) is 12.7. The molecule has 0 saturated carbocycles. The molecule has 1 aromatic carbocycles. The highest BCUT2D eigenvalue weighted by atomic mass is 79.9. The lowest BCUT2D eigenvalue weighted by Crippen LogP contribution is -2.02. The average molecular weight is 324 g/mol. The molecule has 18 heavy (non-hydrogen) atoms. The molecule has 2 rings (SSSR count). The van der Waals surface area contributed by atoms with E-state index in [1.807, 2.05) is 44.2 Å². The molecule has 0 bridgehead atoms. The first-order valence-corrected chi connectivity index (χ1v) is 7.42. The van der Waals surface area contributed by atoms with Crippen molar-refractivity contribution in [3.8, 4) is 0 Å². The van der Waals surface area contributed by atoms with Crippen LogP contribution in [0.1, 0.15) is 21.7 Å². The van der Waals surface area contributed by atoms with Crippen LogP contribution in [0.3, 0.4) is 0 Å².